The SMILES string of the molecule is COc1ccccc1CN1C2COCC1CC(NC(=O)c1n[nH]c3ccccc13)C2. The van der Waals surface area contributed by atoms with Crippen LogP contribution in [0.2, 0.25) is 0 Å². The van der Waals surface area contributed by atoms with Gasteiger partial charge >= 0.3 is 0 Å². The summed E-state index contributed by atoms with van der Waals surface area (Å²) in [5.74, 6) is 0.798. The molecule has 3 heterocycles. The number of amides is 1. The smallest absolute Gasteiger partial charge is 0.272 e. The summed E-state index contributed by atoms with van der Waals surface area (Å²) in [6.07, 6.45) is 1.72. The number of morpholine rings is 1. The Bertz CT molecular complexity index is 1040. The van der Waals surface area contributed by atoms with Crippen LogP contribution >= 0.6 is 0 Å². The zero-order valence-electron chi connectivity index (χ0n) is 17.0. The molecule has 30 heavy (non-hydrogen) atoms. The first kappa shape index (κ1) is 19.1. The number of methoxy groups -OCH3 is 1. The van der Waals surface area contributed by atoms with Crippen LogP contribution in [0.25, 0.3) is 10.9 Å². The molecule has 0 radical (unpaired) electrons. The number of nitrogens with one attached hydrogen (secondary N) is 2. The minimum Gasteiger partial charge on any atom is -0.496 e. The lowest BCUT2D eigenvalue weighted by atomic mass is 9.89. The van der Waals surface area contributed by atoms with Crippen molar-refractivity contribution in [1.82, 2.24) is 20.4 Å². The molecule has 2 aliphatic rings. The second kappa shape index (κ2) is 8.08. The molecule has 7 heteroatoms. The number of H-pyrrole nitrogens is 1. The van der Waals surface area contributed by atoms with E-state index in [9.17, 15) is 4.79 Å². The molecule has 2 fully saturated rings. The Morgan fingerprint density at radius 2 is 1.90 bits per heavy atom. The topological polar surface area (TPSA) is 79.5 Å². The van der Waals surface area contributed by atoms with Gasteiger partial charge in [-0.2, -0.15) is 5.10 Å². The van der Waals surface area contributed by atoms with Crippen molar-refractivity contribution in [3.8, 4) is 5.75 Å². The number of nitrogens with zero attached hydrogens (tertiary/aromatic N) is 2. The molecule has 2 saturated heterocycles. The fourth-order valence-electron chi connectivity index (χ4n) is 4.79. The van der Waals surface area contributed by atoms with Gasteiger partial charge in [0.1, 0.15) is 5.75 Å². The number of carbonyl (C=O) groups excluding carboxylic acids is 1. The zero-order chi connectivity index (χ0) is 20.5. The van der Waals surface area contributed by atoms with Gasteiger partial charge in [0.2, 0.25) is 0 Å². The molecule has 2 N–H and O–H groups in total. The maximum atomic E-state index is 12.9. The number of aromatic nitrogens is 2. The number of piperidine rings is 1. The highest BCUT2D eigenvalue weighted by Crippen LogP contribution is 2.31. The number of hydrogen-bond donors (Lipinski definition) is 2. The number of ether oxygens (including phenoxy) is 2. The quantitative estimate of drug-likeness (QED) is 0.681. The van der Waals surface area contributed by atoms with Gasteiger partial charge in [0.15, 0.2) is 5.69 Å². The van der Waals surface area contributed by atoms with E-state index in [1.165, 1.54) is 5.56 Å². The lowest BCUT2D eigenvalue weighted by molar-refractivity contribution is -0.0845. The van der Waals surface area contributed by atoms with Gasteiger partial charge in [-0.05, 0) is 25.0 Å². The molecule has 2 unspecified atom stereocenters. The maximum absolute atomic E-state index is 12.9. The third-order valence-electron chi connectivity index (χ3n) is 6.24. The van der Waals surface area contributed by atoms with Gasteiger partial charge in [-0.1, -0.05) is 36.4 Å². The Balaban J connectivity index is 1.29. The van der Waals surface area contributed by atoms with E-state index >= 15 is 0 Å². The highest BCUT2D eigenvalue weighted by Gasteiger charge is 2.40. The number of fused-ring (bicyclic) bond motifs is 3. The van der Waals surface area contributed by atoms with E-state index in [0.29, 0.717) is 18.9 Å². The molecule has 2 aromatic carbocycles. The van der Waals surface area contributed by atoms with Crippen LogP contribution in [-0.4, -0.2) is 59.5 Å². The molecule has 2 aliphatic heterocycles. The van der Waals surface area contributed by atoms with E-state index in [1.54, 1.807) is 7.11 Å². The Morgan fingerprint density at radius 3 is 2.70 bits per heavy atom. The first-order valence-electron chi connectivity index (χ1n) is 10.4. The minimum absolute atomic E-state index is 0.112. The molecule has 5 rings (SSSR count). The molecule has 1 amide bonds. The van der Waals surface area contributed by atoms with Crippen LogP contribution in [-0.2, 0) is 11.3 Å². The first-order valence-corrected chi connectivity index (χ1v) is 10.4. The van der Waals surface area contributed by atoms with E-state index in [4.69, 9.17) is 9.47 Å². The molecule has 156 valence electrons. The number of benzene rings is 2. The summed E-state index contributed by atoms with van der Waals surface area (Å²) in [7, 11) is 1.71. The molecule has 3 aromatic rings. The Morgan fingerprint density at radius 1 is 1.17 bits per heavy atom. The largest absolute Gasteiger partial charge is 0.496 e. The van der Waals surface area contributed by atoms with Crippen molar-refractivity contribution in [2.75, 3.05) is 20.3 Å². The van der Waals surface area contributed by atoms with Crippen molar-refractivity contribution >= 4 is 16.8 Å². The summed E-state index contributed by atoms with van der Waals surface area (Å²) in [4.78, 5) is 15.4. The molecular weight excluding hydrogens is 380 g/mol. The number of hydrogen-bond acceptors (Lipinski definition) is 5. The van der Waals surface area contributed by atoms with Gasteiger partial charge in [0.25, 0.3) is 5.91 Å². The molecular formula is C23H26N4O3. The molecule has 2 atom stereocenters. The maximum Gasteiger partial charge on any atom is 0.272 e. The van der Waals surface area contributed by atoms with Crippen LogP contribution in [0.1, 0.15) is 28.9 Å². The summed E-state index contributed by atoms with van der Waals surface area (Å²) in [6.45, 7) is 2.19. The summed E-state index contributed by atoms with van der Waals surface area (Å²) >= 11 is 0. The fraction of sp³-hybridized carbons (Fsp3) is 0.391. The van der Waals surface area contributed by atoms with E-state index in [1.807, 2.05) is 42.5 Å². The van der Waals surface area contributed by atoms with Crippen molar-refractivity contribution < 1.29 is 14.3 Å². The van der Waals surface area contributed by atoms with Crippen LogP contribution < -0.4 is 10.1 Å². The molecule has 0 spiro atoms. The van der Waals surface area contributed by atoms with Crippen molar-refractivity contribution in [3.05, 3.63) is 59.8 Å². The lowest BCUT2D eigenvalue weighted by Crippen LogP contribution is -2.60. The number of rotatable bonds is 5. The monoisotopic (exact) mass is 406 g/mol. The second-order valence-corrected chi connectivity index (χ2v) is 8.09. The molecule has 0 aliphatic carbocycles. The predicted octanol–water partition coefficient (Wildman–Crippen LogP) is 2.73. The van der Waals surface area contributed by atoms with Crippen LogP contribution in [0.4, 0.5) is 0 Å². The minimum atomic E-state index is -0.116. The predicted molar refractivity (Wildman–Crippen MR) is 114 cm³/mol. The van der Waals surface area contributed by atoms with Crippen LogP contribution in [0.5, 0.6) is 5.75 Å². The van der Waals surface area contributed by atoms with Crippen molar-refractivity contribution in [2.45, 2.75) is 37.5 Å². The third-order valence-corrected chi connectivity index (χ3v) is 6.24. The van der Waals surface area contributed by atoms with Crippen molar-refractivity contribution in [2.24, 2.45) is 0 Å². The van der Waals surface area contributed by atoms with E-state index in [2.05, 4.69) is 26.5 Å². The summed E-state index contributed by atoms with van der Waals surface area (Å²) < 4.78 is 11.4. The Kier molecular flexibility index (Phi) is 5.14. The van der Waals surface area contributed by atoms with E-state index in [-0.39, 0.29) is 24.0 Å². The number of aromatic amines is 1. The highest BCUT2D eigenvalue weighted by atomic mass is 16.5. The number of para-hydroxylation sites is 2. The van der Waals surface area contributed by atoms with Crippen molar-refractivity contribution in [3.63, 3.8) is 0 Å². The molecule has 0 saturated carbocycles. The average Bonchev–Trinajstić information content (AvgIpc) is 3.19. The highest BCUT2D eigenvalue weighted by molar-refractivity contribution is 6.04. The van der Waals surface area contributed by atoms with Crippen LogP contribution in [0.15, 0.2) is 48.5 Å². The molecule has 1 aromatic heterocycles. The fourth-order valence-corrected chi connectivity index (χ4v) is 4.79. The van der Waals surface area contributed by atoms with Crippen LogP contribution in [0, 0.1) is 0 Å². The summed E-state index contributed by atoms with van der Waals surface area (Å²) in [6, 6.07) is 16.5. The van der Waals surface area contributed by atoms with Crippen LogP contribution in [0.3, 0.4) is 0 Å². The van der Waals surface area contributed by atoms with E-state index < -0.39 is 0 Å². The standard InChI is InChI=1S/C23H26N4O3/c1-29-21-9-5-2-6-15(21)12-27-17-10-16(11-18(27)14-30-13-17)24-23(28)22-19-7-3-4-8-20(19)25-26-22/h2-9,16-18H,10-14H2,1H3,(H,24,28)(H,25,26). The normalized spacial score (nSPS) is 24.0. The summed E-state index contributed by atoms with van der Waals surface area (Å²) in [5, 5.41) is 11.3. The van der Waals surface area contributed by atoms with Gasteiger partial charge < -0.3 is 14.8 Å². The Hall–Kier alpha value is -2.90. The Labute approximate surface area is 175 Å². The number of carbonyl (C=O) groups is 1. The van der Waals surface area contributed by atoms with Gasteiger partial charge in [-0.15, -0.1) is 0 Å². The lowest BCUT2D eigenvalue weighted by Gasteiger charge is -2.48. The zero-order valence-corrected chi connectivity index (χ0v) is 17.0. The first-order chi connectivity index (χ1) is 14.7. The summed E-state index contributed by atoms with van der Waals surface area (Å²) in [5.41, 5.74) is 2.52. The van der Waals surface area contributed by atoms with E-state index in [0.717, 1.165) is 36.0 Å². The van der Waals surface area contributed by atoms with Gasteiger partial charge in [0.05, 0.1) is 25.8 Å². The average molecular weight is 406 g/mol. The second-order valence-electron chi connectivity index (χ2n) is 8.09. The third kappa shape index (κ3) is 3.55. The van der Waals surface area contributed by atoms with Crippen molar-refractivity contribution in [1.29, 1.82) is 0 Å². The molecule has 7 nitrogen and oxygen atoms in total. The molecule has 2 bridgehead atoms. The van der Waals surface area contributed by atoms with Gasteiger partial charge in [-0.3, -0.25) is 14.8 Å². The van der Waals surface area contributed by atoms with Gasteiger partial charge in [0, 0.05) is 35.6 Å². The van der Waals surface area contributed by atoms with Gasteiger partial charge in [-0.25, -0.2) is 0 Å².